The molecule has 1 N–H and O–H groups in total. The van der Waals surface area contributed by atoms with E-state index >= 15 is 0 Å². The molecule has 0 aliphatic carbocycles. The SMILES string of the molecule is COCC(=O)Nc1ccc(-c2ccc(OC)c(Cl)c2)cn1. The second-order valence-electron chi connectivity index (χ2n) is 4.26. The van der Waals surface area contributed by atoms with Crippen molar-refractivity contribution in [1.29, 1.82) is 0 Å². The Morgan fingerprint density at radius 1 is 1.24 bits per heavy atom. The number of nitrogens with one attached hydrogen (secondary N) is 1. The standard InChI is InChI=1S/C15H15ClN2O3/c1-20-9-15(19)18-14-6-4-11(8-17-14)10-3-5-13(21-2)12(16)7-10/h3-8H,9H2,1-2H3,(H,17,18,19). The maximum atomic E-state index is 11.4. The van der Waals surface area contributed by atoms with Crippen LogP contribution in [0, 0.1) is 0 Å². The second-order valence-corrected chi connectivity index (χ2v) is 4.67. The summed E-state index contributed by atoms with van der Waals surface area (Å²) in [5.41, 5.74) is 1.81. The Kier molecular flexibility index (Phi) is 5.14. The average molecular weight is 307 g/mol. The molecule has 0 fully saturated rings. The quantitative estimate of drug-likeness (QED) is 0.922. The number of carbonyl (C=O) groups excluding carboxylic acids is 1. The zero-order valence-corrected chi connectivity index (χ0v) is 12.5. The molecule has 110 valence electrons. The molecule has 1 aromatic carbocycles. The van der Waals surface area contributed by atoms with Gasteiger partial charge in [0.1, 0.15) is 18.2 Å². The molecule has 0 radical (unpaired) electrons. The molecular formula is C15H15ClN2O3. The fourth-order valence-corrected chi connectivity index (χ4v) is 2.05. The molecule has 0 unspecified atom stereocenters. The van der Waals surface area contributed by atoms with Crippen LogP contribution in [0.25, 0.3) is 11.1 Å². The van der Waals surface area contributed by atoms with Crippen LogP contribution in [0.3, 0.4) is 0 Å². The number of hydrogen-bond donors (Lipinski definition) is 1. The van der Waals surface area contributed by atoms with Crippen LogP contribution in [0.15, 0.2) is 36.5 Å². The number of benzene rings is 1. The molecule has 1 heterocycles. The lowest BCUT2D eigenvalue weighted by Crippen LogP contribution is -2.17. The molecule has 0 aliphatic rings. The van der Waals surface area contributed by atoms with Gasteiger partial charge in [0.2, 0.25) is 0 Å². The first-order chi connectivity index (χ1) is 10.1. The van der Waals surface area contributed by atoms with Crippen molar-refractivity contribution in [3.8, 4) is 16.9 Å². The minimum atomic E-state index is -0.245. The molecule has 6 heteroatoms. The number of amides is 1. The van der Waals surface area contributed by atoms with E-state index in [2.05, 4.69) is 10.3 Å². The van der Waals surface area contributed by atoms with Crippen molar-refractivity contribution in [2.45, 2.75) is 0 Å². The van der Waals surface area contributed by atoms with E-state index in [9.17, 15) is 4.79 Å². The molecule has 2 aromatic rings. The van der Waals surface area contributed by atoms with Crippen molar-refractivity contribution < 1.29 is 14.3 Å². The van der Waals surface area contributed by atoms with E-state index in [4.69, 9.17) is 21.1 Å². The van der Waals surface area contributed by atoms with Crippen LogP contribution < -0.4 is 10.1 Å². The van der Waals surface area contributed by atoms with Gasteiger partial charge in [-0.1, -0.05) is 17.7 Å². The van der Waals surface area contributed by atoms with Crippen LogP contribution in [0.5, 0.6) is 5.75 Å². The van der Waals surface area contributed by atoms with Gasteiger partial charge in [0.05, 0.1) is 12.1 Å². The van der Waals surface area contributed by atoms with Gasteiger partial charge in [-0.3, -0.25) is 4.79 Å². The van der Waals surface area contributed by atoms with E-state index in [1.165, 1.54) is 7.11 Å². The number of carbonyl (C=O) groups is 1. The molecule has 21 heavy (non-hydrogen) atoms. The number of nitrogens with zero attached hydrogens (tertiary/aromatic N) is 1. The Morgan fingerprint density at radius 3 is 2.57 bits per heavy atom. The van der Waals surface area contributed by atoms with Crippen LogP contribution in [0.2, 0.25) is 5.02 Å². The van der Waals surface area contributed by atoms with Gasteiger partial charge in [-0.05, 0) is 29.8 Å². The minimum absolute atomic E-state index is 0.00246. The van der Waals surface area contributed by atoms with Gasteiger partial charge in [0.15, 0.2) is 0 Å². The third-order valence-corrected chi connectivity index (χ3v) is 3.09. The average Bonchev–Trinajstić information content (AvgIpc) is 2.48. The lowest BCUT2D eigenvalue weighted by molar-refractivity contribution is -0.119. The topological polar surface area (TPSA) is 60.5 Å². The third-order valence-electron chi connectivity index (χ3n) is 2.79. The van der Waals surface area contributed by atoms with Gasteiger partial charge in [-0.25, -0.2) is 4.98 Å². The number of pyridine rings is 1. The van der Waals surface area contributed by atoms with Crippen molar-refractivity contribution in [3.63, 3.8) is 0 Å². The number of anilines is 1. The van der Waals surface area contributed by atoms with Crippen LogP contribution >= 0.6 is 11.6 Å². The van der Waals surface area contributed by atoms with Crippen LogP contribution in [0.1, 0.15) is 0 Å². The van der Waals surface area contributed by atoms with E-state index in [1.807, 2.05) is 12.1 Å². The van der Waals surface area contributed by atoms with E-state index < -0.39 is 0 Å². The molecule has 0 bridgehead atoms. The van der Waals surface area contributed by atoms with Gasteiger partial charge in [-0.15, -0.1) is 0 Å². The summed E-state index contributed by atoms with van der Waals surface area (Å²) in [7, 11) is 3.03. The number of methoxy groups -OCH3 is 2. The summed E-state index contributed by atoms with van der Waals surface area (Å²) in [6.45, 7) is -0.00246. The summed E-state index contributed by atoms with van der Waals surface area (Å²) >= 11 is 6.10. The van der Waals surface area contributed by atoms with E-state index in [0.717, 1.165) is 11.1 Å². The Hall–Kier alpha value is -2.11. The highest BCUT2D eigenvalue weighted by Crippen LogP contribution is 2.30. The van der Waals surface area contributed by atoms with Crippen molar-refractivity contribution in [1.82, 2.24) is 4.98 Å². The third kappa shape index (κ3) is 3.93. The summed E-state index contributed by atoms with van der Waals surface area (Å²) in [4.78, 5) is 15.6. The maximum Gasteiger partial charge on any atom is 0.251 e. The number of rotatable bonds is 5. The fourth-order valence-electron chi connectivity index (χ4n) is 1.79. The highest BCUT2D eigenvalue weighted by Gasteiger charge is 2.06. The normalized spacial score (nSPS) is 10.2. The summed E-state index contributed by atoms with van der Waals surface area (Å²) in [6, 6.07) is 9.08. The fraction of sp³-hybridized carbons (Fsp3) is 0.200. The molecule has 0 atom stereocenters. The molecule has 0 saturated carbocycles. The smallest absolute Gasteiger partial charge is 0.251 e. The number of ether oxygens (including phenoxy) is 2. The number of aromatic nitrogens is 1. The van der Waals surface area contributed by atoms with E-state index in [1.54, 1.807) is 31.5 Å². The molecule has 0 saturated heterocycles. The second kappa shape index (κ2) is 7.06. The highest BCUT2D eigenvalue weighted by atomic mass is 35.5. The predicted octanol–water partition coefficient (Wildman–Crippen LogP) is 3.00. The molecule has 1 aromatic heterocycles. The minimum Gasteiger partial charge on any atom is -0.495 e. The van der Waals surface area contributed by atoms with Crippen molar-refractivity contribution >= 4 is 23.3 Å². The molecule has 2 rings (SSSR count). The van der Waals surface area contributed by atoms with Gasteiger partial charge in [0, 0.05) is 18.9 Å². The molecule has 0 aliphatic heterocycles. The number of hydrogen-bond acceptors (Lipinski definition) is 4. The summed E-state index contributed by atoms with van der Waals surface area (Å²) in [5.74, 6) is 0.850. The van der Waals surface area contributed by atoms with Gasteiger partial charge in [0.25, 0.3) is 5.91 Å². The lowest BCUT2D eigenvalue weighted by atomic mass is 10.1. The Bertz CT molecular complexity index is 629. The molecule has 0 spiro atoms. The van der Waals surface area contributed by atoms with E-state index in [-0.39, 0.29) is 12.5 Å². The lowest BCUT2D eigenvalue weighted by Gasteiger charge is -2.07. The van der Waals surface area contributed by atoms with Crippen LogP contribution in [-0.4, -0.2) is 31.7 Å². The van der Waals surface area contributed by atoms with Crippen LogP contribution in [0.4, 0.5) is 5.82 Å². The van der Waals surface area contributed by atoms with Gasteiger partial charge >= 0.3 is 0 Å². The Labute approximate surface area is 127 Å². The van der Waals surface area contributed by atoms with Crippen molar-refractivity contribution in [3.05, 3.63) is 41.6 Å². The molecular weight excluding hydrogens is 292 g/mol. The summed E-state index contributed by atoms with van der Waals surface area (Å²) < 4.78 is 9.85. The maximum absolute atomic E-state index is 11.4. The first-order valence-electron chi connectivity index (χ1n) is 6.23. The monoisotopic (exact) mass is 306 g/mol. The van der Waals surface area contributed by atoms with Crippen molar-refractivity contribution in [2.24, 2.45) is 0 Å². The first kappa shape index (κ1) is 15.3. The number of halogens is 1. The Balaban J connectivity index is 2.15. The predicted molar refractivity (Wildman–Crippen MR) is 81.7 cm³/mol. The molecule has 1 amide bonds. The summed E-state index contributed by atoms with van der Waals surface area (Å²) in [6.07, 6.45) is 1.67. The highest BCUT2D eigenvalue weighted by molar-refractivity contribution is 6.32. The van der Waals surface area contributed by atoms with Crippen LogP contribution in [-0.2, 0) is 9.53 Å². The zero-order chi connectivity index (χ0) is 15.2. The largest absolute Gasteiger partial charge is 0.495 e. The van der Waals surface area contributed by atoms with Crippen molar-refractivity contribution in [2.75, 3.05) is 26.1 Å². The Morgan fingerprint density at radius 2 is 2.00 bits per heavy atom. The van der Waals surface area contributed by atoms with Gasteiger partial charge in [-0.2, -0.15) is 0 Å². The van der Waals surface area contributed by atoms with E-state index in [0.29, 0.717) is 16.6 Å². The van der Waals surface area contributed by atoms with Gasteiger partial charge < -0.3 is 14.8 Å². The molecule has 5 nitrogen and oxygen atoms in total. The first-order valence-corrected chi connectivity index (χ1v) is 6.60. The summed E-state index contributed by atoms with van der Waals surface area (Å²) in [5, 5.41) is 3.16. The zero-order valence-electron chi connectivity index (χ0n) is 11.7.